The second kappa shape index (κ2) is 9.35. The number of thioether (sulfide) groups is 1. The van der Waals surface area contributed by atoms with Crippen LogP contribution in [0.15, 0.2) is 35.5 Å². The molecule has 3 heterocycles. The lowest BCUT2D eigenvalue weighted by atomic mass is 10.1. The molecule has 2 saturated heterocycles. The van der Waals surface area contributed by atoms with Crippen molar-refractivity contribution in [3.8, 4) is 0 Å². The Balaban J connectivity index is 1.62. The molecular weight excluding hydrogens is 382 g/mol. The van der Waals surface area contributed by atoms with Gasteiger partial charge in [0.25, 0.3) is 0 Å². The highest BCUT2D eigenvalue weighted by Crippen LogP contribution is 2.38. The van der Waals surface area contributed by atoms with Gasteiger partial charge in [0.1, 0.15) is 5.25 Å². The van der Waals surface area contributed by atoms with Crippen molar-refractivity contribution in [2.45, 2.75) is 69.0 Å². The second-order valence-electron chi connectivity index (χ2n) is 8.11. The molecule has 1 amide bonds. The molecule has 0 saturated carbocycles. The van der Waals surface area contributed by atoms with Crippen LogP contribution < -0.4 is 0 Å². The van der Waals surface area contributed by atoms with Crippen LogP contribution in [0.4, 0.5) is 0 Å². The molecule has 6 heteroatoms. The zero-order valence-electron chi connectivity index (χ0n) is 17.5. The van der Waals surface area contributed by atoms with E-state index < -0.39 is 0 Å². The number of ether oxygens (including phenoxy) is 1. The molecule has 2 atom stereocenters. The summed E-state index contributed by atoms with van der Waals surface area (Å²) in [5.74, 6) is 0.211. The van der Waals surface area contributed by atoms with Gasteiger partial charge in [-0.05, 0) is 51.5 Å². The van der Waals surface area contributed by atoms with Gasteiger partial charge < -0.3 is 14.2 Å². The second-order valence-corrected chi connectivity index (χ2v) is 9.18. The van der Waals surface area contributed by atoms with E-state index >= 15 is 0 Å². The maximum Gasteiger partial charge on any atom is 0.240 e. The number of hydrogen-bond donors (Lipinski definition) is 0. The van der Waals surface area contributed by atoms with E-state index in [0.29, 0.717) is 0 Å². The van der Waals surface area contributed by atoms with Crippen molar-refractivity contribution in [2.75, 3.05) is 19.7 Å². The first-order chi connectivity index (χ1) is 14.1. The number of aryl methyl sites for hydroxylation is 1. The lowest BCUT2D eigenvalue weighted by molar-refractivity contribution is -0.131. The van der Waals surface area contributed by atoms with Gasteiger partial charge in [-0.1, -0.05) is 42.1 Å². The van der Waals surface area contributed by atoms with E-state index in [0.717, 1.165) is 68.3 Å². The van der Waals surface area contributed by atoms with Crippen molar-refractivity contribution < 1.29 is 9.53 Å². The summed E-state index contributed by atoms with van der Waals surface area (Å²) in [6, 6.07) is 10.2. The fourth-order valence-corrected chi connectivity index (χ4v) is 5.48. The Bertz CT molecular complexity index is 824. The highest BCUT2D eigenvalue weighted by atomic mass is 32.2. The molecule has 0 radical (unpaired) electrons. The van der Waals surface area contributed by atoms with Crippen LogP contribution >= 0.6 is 11.8 Å². The first-order valence-corrected chi connectivity index (χ1v) is 11.7. The molecule has 2 aliphatic heterocycles. The molecule has 2 aromatic rings. The molecule has 2 aliphatic rings. The summed E-state index contributed by atoms with van der Waals surface area (Å²) in [5.41, 5.74) is 3.25. The predicted octanol–water partition coefficient (Wildman–Crippen LogP) is 4.52. The number of aromatic nitrogens is 2. The highest BCUT2D eigenvalue weighted by molar-refractivity contribution is 8.00. The summed E-state index contributed by atoms with van der Waals surface area (Å²) in [6.07, 6.45) is 5.88. The molecule has 0 aliphatic carbocycles. The van der Waals surface area contributed by atoms with Gasteiger partial charge in [-0.15, -0.1) is 0 Å². The van der Waals surface area contributed by atoms with Crippen LogP contribution in [0.5, 0.6) is 0 Å². The molecule has 156 valence electrons. The van der Waals surface area contributed by atoms with Crippen LogP contribution in [-0.4, -0.2) is 46.2 Å². The van der Waals surface area contributed by atoms with E-state index in [-0.39, 0.29) is 17.3 Å². The molecular formula is C23H31N3O2S. The van der Waals surface area contributed by atoms with Crippen LogP contribution in [0.1, 0.15) is 54.3 Å². The fraction of sp³-hybridized carbons (Fsp3) is 0.565. The predicted molar refractivity (Wildman–Crippen MR) is 116 cm³/mol. The van der Waals surface area contributed by atoms with E-state index in [2.05, 4.69) is 30.5 Å². The maximum absolute atomic E-state index is 13.5. The average molecular weight is 414 g/mol. The minimum Gasteiger partial charge on any atom is -0.376 e. The molecule has 4 rings (SSSR count). The van der Waals surface area contributed by atoms with Crippen molar-refractivity contribution in [2.24, 2.45) is 0 Å². The molecule has 1 aromatic carbocycles. The van der Waals surface area contributed by atoms with Crippen LogP contribution in [0.3, 0.4) is 0 Å². The summed E-state index contributed by atoms with van der Waals surface area (Å²) < 4.78 is 8.13. The quantitative estimate of drug-likeness (QED) is 0.653. The smallest absolute Gasteiger partial charge is 0.240 e. The maximum atomic E-state index is 13.5. The van der Waals surface area contributed by atoms with Gasteiger partial charge >= 0.3 is 0 Å². The number of rotatable bonds is 6. The Morgan fingerprint density at radius 3 is 2.62 bits per heavy atom. The number of piperidine rings is 1. The van der Waals surface area contributed by atoms with Gasteiger partial charge in [-0.25, -0.2) is 4.98 Å². The standard InChI is InChI=1S/C23H31N3O2S/c1-17-18(2)26(16-20-12-9-15-28-20)23(24-17)29-21(19-10-5-3-6-11-19)22(27)25-13-7-4-8-14-25/h3,5-6,10-11,20-21H,4,7-9,12-16H2,1-2H3/t20-,21+/m1/s1. The van der Waals surface area contributed by atoms with Gasteiger partial charge in [-0.2, -0.15) is 0 Å². The van der Waals surface area contributed by atoms with Crippen molar-refractivity contribution in [3.05, 3.63) is 47.3 Å². The lowest BCUT2D eigenvalue weighted by Gasteiger charge is -2.30. The Labute approximate surface area is 177 Å². The van der Waals surface area contributed by atoms with Crippen molar-refractivity contribution in [3.63, 3.8) is 0 Å². The Kier molecular flexibility index (Phi) is 6.60. The van der Waals surface area contributed by atoms with Gasteiger partial charge in [0.05, 0.1) is 18.3 Å². The molecule has 0 spiro atoms. The van der Waals surface area contributed by atoms with Crippen molar-refractivity contribution >= 4 is 17.7 Å². The number of hydrogen-bond acceptors (Lipinski definition) is 4. The van der Waals surface area contributed by atoms with E-state index in [1.54, 1.807) is 11.8 Å². The normalized spacial score (nSPS) is 20.8. The molecule has 29 heavy (non-hydrogen) atoms. The number of likely N-dealkylation sites (tertiary alicyclic amines) is 1. The monoisotopic (exact) mass is 413 g/mol. The van der Waals surface area contributed by atoms with Crippen molar-refractivity contribution in [1.29, 1.82) is 0 Å². The Hall–Kier alpha value is -1.79. The van der Waals surface area contributed by atoms with Gasteiger partial charge in [0.15, 0.2) is 5.16 Å². The summed E-state index contributed by atoms with van der Waals surface area (Å²) in [7, 11) is 0. The van der Waals surface area contributed by atoms with Gasteiger partial charge in [-0.3, -0.25) is 4.79 Å². The van der Waals surface area contributed by atoms with Crippen LogP contribution in [0, 0.1) is 13.8 Å². The summed E-state index contributed by atoms with van der Waals surface area (Å²) in [6.45, 7) is 7.56. The Morgan fingerprint density at radius 2 is 1.93 bits per heavy atom. The molecule has 2 fully saturated rings. The van der Waals surface area contributed by atoms with Gasteiger partial charge in [0, 0.05) is 25.4 Å². The molecule has 5 nitrogen and oxygen atoms in total. The molecule has 0 unspecified atom stereocenters. The summed E-state index contributed by atoms with van der Waals surface area (Å²) in [5, 5.41) is 0.661. The lowest BCUT2D eigenvalue weighted by Crippen LogP contribution is -2.38. The SMILES string of the molecule is Cc1nc(S[C@H](C(=O)N2CCCCC2)c2ccccc2)n(C[C@H]2CCCO2)c1C. The highest BCUT2D eigenvalue weighted by Gasteiger charge is 2.30. The molecule has 1 aromatic heterocycles. The third-order valence-electron chi connectivity index (χ3n) is 6.05. The number of amides is 1. The van der Waals surface area contributed by atoms with Crippen LogP contribution in [0.25, 0.3) is 0 Å². The average Bonchev–Trinajstić information content (AvgIpc) is 3.37. The summed E-state index contributed by atoms with van der Waals surface area (Å²) >= 11 is 1.59. The molecule has 0 bridgehead atoms. The van der Waals surface area contributed by atoms with Crippen LogP contribution in [0.2, 0.25) is 0 Å². The number of carbonyl (C=O) groups is 1. The van der Waals surface area contributed by atoms with E-state index in [1.807, 2.05) is 23.1 Å². The number of nitrogens with zero attached hydrogens (tertiary/aromatic N) is 3. The first-order valence-electron chi connectivity index (χ1n) is 10.8. The van der Waals surface area contributed by atoms with Gasteiger partial charge in [0.2, 0.25) is 5.91 Å². The minimum absolute atomic E-state index is 0.211. The number of benzene rings is 1. The molecule has 0 N–H and O–H groups in total. The summed E-state index contributed by atoms with van der Waals surface area (Å²) in [4.78, 5) is 20.4. The number of imidazole rings is 1. The van der Waals surface area contributed by atoms with E-state index in [4.69, 9.17) is 9.72 Å². The fourth-order valence-electron chi connectivity index (χ4n) is 4.19. The largest absolute Gasteiger partial charge is 0.376 e. The first kappa shape index (κ1) is 20.5. The third kappa shape index (κ3) is 4.69. The minimum atomic E-state index is -0.265. The van der Waals surface area contributed by atoms with Crippen molar-refractivity contribution in [1.82, 2.24) is 14.5 Å². The number of carbonyl (C=O) groups excluding carboxylic acids is 1. The zero-order valence-corrected chi connectivity index (χ0v) is 18.3. The Morgan fingerprint density at radius 1 is 1.17 bits per heavy atom. The van der Waals surface area contributed by atoms with Crippen LogP contribution in [-0.2, 0) is 16.1 Å². The topological polar surface area (TPSA) is 47.4 Å². The third-order valence-corrected chi connectivity index (χ3v) is 7.28. The van der Waals surface area contributed by atoms with E-state index in [9.17, 15) is 4.79 Å². The zero-order chi connectivity index (χ0) is 20.2. The van der Waals surface area contributed by atoms with E-state index in [1.165, 1.54) is 12.1 Å².